The van der Waals surface area contributed by atoms with Crippen LogP contribution in [0.3, 0.4) is 0 Å². The van der Waals surface area contributed by atoms with Crippen LogP contribution in [-0.4, -0.2) is 52.2 Å². The van der Waals surface area contributed by atoms with E-state index in [4.69, 9.17) is 11.1 Å². The normalized spacial score (nSPS) is 12.1. The summed E-state index contributed by atoms with van der Waals surface area (Å²) in [4.78, 5) is 27.5. The quantitative estimate of drug-likeness (QED) is 0.304. The Morgan fingerprint density at radius 3 is 2.86 bits per heavy atom. The van der Waals surface area contributed by atoms with Crippen LogP contribution in [0.25, 0.3) is 0 Å². The summed E-state index contributed by atoms with van der Waals surface area (Å²) in [7, 11) is 1.64. The molecule has 0 saturated heterocycles. The Hall–Kier alpha value is -3.70. The number of pyridine rings is 1. The first kappa shape index (κ1) is 21.6. The molecule has 0 radical (unpaired) electrons. The molecule has 0 aliphatic rings. The number of rotatable bonds is 8. The molecule has 0 spiro atoms. The van der Waals surface area contributed by atoms with Crippen LogP contribution in [-0.2, 0) is 9.59 Å². The van der Waals surface area contributed by atoms with Crippen LogP contribution in [0.1, 0.15) is 24.6 Å². The van der Waals surface area contributed by atoms with Gasteiger partial charge in [0.1, 0.15) is 17.0 Å². The molecule has 2 rings (SSSR count). The monoisotopic (exact) mass is 393 g/mol. The van der Waals surface area contributed by atoms with Gasteiger partial charge >= 0.3 is 0 Å². The molecule has 150 valence electrons. The van der Waals surface area contributed by atoms with Crippen molar-refractivity contribution in [3.05, 3.63) is 53.9 Å². The Kier molecular flexibility index (Phi) is 7.06. The van der Waals surface area contributed by atoms with Crippen LogP contribution in [0.15, 0.2) is 42.6 Å². The largest absolute Gasteiger partial charge is 0.378 e. The number of anilines is 2. The number of nitrogens with one attached hydrogen (secondary N) is 2. The summed E-state index contributed by atoms with van der Waals surface area (Å²) in [6.07, 6.45) is 2.49. The van der Waals surface area contributed by atoms with Crippen molar-refractivity contribution in [3.63, 3.8) is 0 Å². The van der Waals surface area contributed by atoms with E-state index in [2.05, 4.69) is 22.1 Å². The highest BCUT2D eigenvalue weighted by Gasteiger charge is 2.17. The molecule has 0 bridgehead atoms. The molecule has 2 aromatic rings. The molecule has 1 aromatic carbocycles. The molecule has 1 atom stereocenters. The minimum atomic E-state index is -1.24. The summed E-state index contributed by atoms with van der Waals surface area (Å²) in [6.45, 7) is 1.99. The zero-order valence-electron chi connectivity index (χ0n) is 16.3. The molecule has 29 heavy (non-hydrogen) atoms. The molecule has 8 nitrogen and oxygen atoms in total. The number of benzene rings is 1. The number of nitrogens with zero attached hydrogens (tertiary/aromatic N) is 2. The number of aromatic nitrogens is 1. The van der Waals surface area contributed by atoms with Gasteiger partial charge in [0.05, 0.1) is 5.69 Å². The molecule has 0 saturated carbocycles. The third-order valence-corrected chi connectivity index (χ3v) is 4.04. The average molecular weight is 393 g/mol. The third-order valence-electron chi connectivity index (χ3n) is 4.04. The molecule has 0 aliphatic heterocycles. The number of hydrogen-bond donors (Lipinski definition) is 4. The number of nitrogens with two attached hydrogens (primary N) is 1. The zero-order valence-corrected chi connectivity index (χ0v) is 16.3. The number of carbonyl (C=O) groups is 2. The minimum absolute atomic E-state index is 0.152. The van der Waals surface area contributed by atoms with E-state index < -0.39 is 11.5 Å². The molecular formula is C21H23N5O3. The molecule has 0 aliphatic carbocycles. The molecule has 0 fully saturated rings. The number of hydrogen-bond acceptors (Lipinski definition) is 6. The van der Waals surface area contributed by atoms with Gasteiger partial charge in [-0.2, -0.15) is 0 Å². The fourth-order valence-electron chi connectivity index (χ4n) is 2.37. The lowest BCUT2D eigenvalue weighted by molar-refractivity contribution is -0.117. The molecule has 0 unspecified atom stereocenters. The molecular weight excluding hydrogens is 370 g/mol. The Bertz CT molecular complexity index is 976. The average Bonchev–Trinajstić information content (AvgIpc) is 2.71. The number of primary amides is 1. The first-order valence-corrected chi connectivity index (χ1v) is 8.84. The maximum atomic E-state index is 11.3. The fourth-order valence-corrected chi connectivity index (χ4v) is 2.37. The van der Waals surface area contributed by atoms with Crippen LogP contribution in [0.2, 0.25) is 0 Å². The van der Waals surface area contributed by atoms with Crippen LogP contribution in [0.5, 0.6) is 0 Å². The highest BCUT2D eigenvalue weighted by atomic mass is 16.3. The second-order valence-electron chi connectivity index (χ2n) is 6.70. The molecule has 8 heteroatoms. The smallest absolute Gasteiger partial charge is 0.268 e. The maximum absolute atomic E-state index is 11.3. The summed E-state index contributed by atoms with van der Waals surface area (Å²) in [5.41, 5.74) is 5.51. The SMILES string of the molecule is CN(C=O)CC[C@@](C)(O)C#Cc1cccc(Nc2cccnc2C(=N)C(N)=O)c1. The first-order valence-electron chi connectivity index (χ1n) is 8.84. The number of aliphatic hydroxyl groups is 1. The highest BCUT2D eigenvalue weighted by molar-refractivity contribution is 6.44. The van der Waals surface area contributed by atoms with Gasteiger partial charge in [-0.1, -0.05) is 17.9 Å². The molecule has 2 amide bonds. The second-order valence-corrected chi connectivity index (χ2v) is 6.70. The van der Waals surface area contributed by atoms with E-state index >= 15 is 0 Å². The summed E-state index contributed by atoms with van der Waals surface area (Å²) in [6, 6.07) is 10.5. The summed E-state index contributed by atoms with van der Waals surface area (Å²) in [5, 5.41) is 21.3. The van der Waals surface area contributed by atoms with Crippen LogP contribution >= 0.6 is 0 Å². The predicted molar refractivity (Wildman–Crippen MR) is 111 cm³/mol. The van der Waals surface area contributed by atoms with Crippen LogP contribution in [0, 0.1) is 17.3 Å². The van der Waals surface area contributed by atoms with Gasteiger partial charge in [-0.3, -0.25) is 20.0 Å². The van der Waals surface area contributed by atoms with E-state index in [0.29, 0.717) is 36.3 Å². The van der Waals surface area contributed by atoms with Crippen molar-refractivity contribution < 1.29 is 14.7 Å². The van der Waals surface area contributed by atoms with Gasteiger partial charge in [-0.15, -0.1) is 0 Å². The Morgan fingerprint density at radius 1 is 1.41 bits per heavy atom. The van der Waals surface area contributed by atoms with Gasteiger partial charge < -0.3 is 21.1 Å². The van der Waals surface area contributed by atoms with Gasteiger partial charge in [0, 0.05) is 37.5 Å². The lowest BCUT2D eigenvalue weighted by atomic mass is 10.0. The van der Waals surface area contributed by atoms with Crippen molar-refractivity contribution in [1.29, 1.82) is 5.41 Å². The topological polar surface area (TPSA) is 132 Å². The summed E-state index contributed by atoms with van der Waals surface area (Å²) in [5.74, 6) is 4.88. The number of amides is 2. The van der Waals surface area contributed by atoms with Gasteiger partial charge in [0.25, 0.3) is 5.91 Å². The predicted octanol–water partition coefficient (Wildman–Crippen LogP) is 1.26. The highest BCUT2D eigenvalue weighted by Crippen LogP contribution is 2.20. The van der Waals surface area contributed by atoms with Crippen molar-refractivity contribution in [3.8, 4) is 11.8 Å². The Labute approximate surface area is 169 Å². The van der Waals surface area contributed by atoms with E-state index in [9.17, 15) is 14.7 Å². The van der Waals surface area contributed by atoms with E-state index in [1.807, 2.05) is 0 Å². The van der Waals surface area contributed by atoms with Crippen molar-refractivity contribution in [2.45, 2.75) is 18.9 Å². The standard InChI is InChI=1S/C21H23N5O3/c1-21(29,10-12-26(2)14-27)9-8-15-5-3-6-16(13-15)25-17-7-4-11-24-19(17)18(22)20(23)28/h3-7,11,13-14,22,25,29H,10,12H2,1-2H3,(H2,23,28)/t21-/m0/s1. The number of carbonyl (C=O) groups excluding carboxylic acids is 2. The summed E-state index contributed by atoms with van der Waals surface area (Å²) >= 11 is 0. The van der Waals surface area contributed by atoms with Crippen LogP contribution in [0.4, 0.5) is 11.4 Å². The van der Waals surface area contributed by atoms with Gasteiger partial charge in [0.15, 0.2) is 0 Å². The lowest BCUT2D eigenvalue weighted by Gasteiger charge is -2.19. The van der Waals surface area contributed by atoms with E-state index in [-0.39, 0.29) is 11.4 Å². The van der Waals surface area contributed by atoms with Crippen molar-refractivity contribution >= 4 is 29.4 Å². The molecule has 5 N–H and O–H groups in total. The van der Waals surface area contributed by atoms with Crippen molar-refractivity contribution in [2.75, 3.05) is 18.9 Å². The lowest BCUT2D eigenvalue weighted by Crippen LogP contribution is -2.29. The van der Waals surface area contributed by atoms with Gasteiger partial charge in [-0.05, 0) is 37.3 Å². The fraction of sp³-hybridized carbons (Fsp3) is 0.238. The van der Waals surface area contributed by atoms with Crippen molar-refractivity contribution in [2.24, 2.45) is 5.73 Å². The Morgan fingerprint density at radius 2 is 2.17 bits per heavy atom. The minimum Gasteiger partial charge on any atom is -0.378 e. The third kappa shape index (κ3) is 6.45. The second kappa shape index (κ2) is 9.48. The van der Waals surface area contributed by atoms with E-state index in [1.165, 1.54) is 11.1 Å². The molecule has 1 heterocycles. The van der Waals surface area contributed by atoms with Crippen molar-refractivity contribution in [1.82, 2.24) is 9.88 Å². The van der Waals surface area contributed by atoms with Gasteiger partial charge in [-0.25, -0.2) is 0 Å². The Balaban J connectivity index is 2.19. The maximum Gasteiger partial charge on any atom is 0.268 e. The van der Waals surface area contributed by atoms with E-state index in [1.54, 1.807) is 50.4 Å². The van der Waals surface area contributed by atoms with Crippen LogP contribution < -0.4 is 11.1 Å². The summed E-state index contributed by atoms with van der Waals surface area (Å²) < 4.78 is 0. The molecule has 1 aromatic heterocycles. The first-order chi connectivity index (χ1) is 13.7. The van der Waals surface area contributed by atoms with E-state index in [0.717, 1.165) is 0 Å². The van der Waals surface area contributed by atoms with Gasteiger partial charge in [0.2, 0.25) is 6.41 Å². The zero-order chi connectivity index (χ0) is 21.4.